The highest BCUT2D eigenvalue weighted by molar-refractivity contribution is 7.98. The van der Waals surface area contributed by atoms with E-state index in [0.717, 1.165) is 29.5 Å². The maximum absolute atomic E-state index is 6.34. The van der Waals surface area contributed by atoms with Gasteiger partial charge in [0, 0.05) is 24.3 Å². The second kappa shape index (κ2) is 8.56. The first-order valence-corrected chi connectivity index (χ1v) is 11.4. The average Bonchev–Trinajstić information content (AvgIpc) is 3.45. The summed E-state index contributed by atoms with van der Waals surface area (Å²) in [5, 5.41) is 9.74. The van der Waals surface area contributed by atoms with Crippen LogP contribution in [0, 0.1) is 6.92 Å². The van der Waals surface area contributed by atoms with Crippen molar-refractivity contribution < 1.29 is 9.15 Å². The van der Waals surface area contributed by atoms with E-state index < -0.39 is 0 Å². The summed E-state index contributed by atoms with van der Waals surface area (Å²) < 4.78 is 13.9. The van der Waals surface area contributed by atoms with Crippen molar-refractivity contribution >= 4 is 17.6 Å². The van der Waals surface area contributed by atoms with E-state index in [-0.39, 0.29) is 0 Å². The van der Waals surface area contributed by atoms with Gasteiger partial charge in [0.15, 0.2) is 16.7 Å². The summed E-state index contributed by atoms with van der Waals surface area (Å²) in [5.74, 6) is 1.94. The number of oxazole rings is 1. The molecule has 0 unspecified atom stereocenters. The lowest BCUT2D eigenvalue weighted by Gasteiger charge is -2.26. The molecule has 1 aliphatic rings. The zero-order valence-corrected chi connectivity index (χ0v) is 18.3. The number of hydrogen-bond acceptors (Lipinski definition) is 7. The largest absolute Gasteiger partial charge is 0.420 e. The monoisotopic (exact) mass is 433 g/mol. The minimum absolute atomic E-state index is 0.574. The van der Waals surface area contributed by atoms with Gasteiger partial charge in [-0.05, 0) is 37.4 Å². The third-order valence-electron chi connectivity index (χ3n) is 5.25. The maximum atomic E-state index is 6.34. The van der Waals surface area contributed by atoms with Gasteiger partial charge in [-0.15, -0.1) is 10.2 Å². The summed E-state index contributed by atoms with van der Waals surface area (Å²) in [6.07, 6.45) is 2.00. The number of hydrogen-bond donors (Lipinski definition) is 0. The standard InChI is InChI=1S/C23H23N5O2S/c1-16-8-10-17(11-9-16)21-24-19(22(30-21)27-12-14-29-15-13-27)20-25-26-23(31-2)28(20)18-6-4-3-5-7-18/h3-11H,12-15H2,1-2H3. The third-order valence-corrected chi connectivity index (χ3v) is 5.88. The molecule has 0 atom stereocenters. The molecule has 31 heavy (non-hydrogen) atoms. The van der Waals surface area contributed by atoms with Crippen molar-refractivity contribution in [3.05, 3.63) is 60.2 Å². The number of rotatable bonds is 5. The van der Waals surface area contributed by atoms with Crippen LogP contribution in [0.3, 0.4) is 0 Å². The lowest BCUT2D eigenvalue weighted by Crippen LogP contribution is -2.36. The van der Waals surface area contributed by atoms with Crippen molar-refractivity contribution in [1.29, 1.82) is 0 Å². The molecular formula is C23H23N5O2S. The Bertz CT molecular complexity index is 1160. The number of para-hydroxylation sites is 1. The van der Waals surface area contributed by atoms with Crippen molar-refractivity contribution in [2.24, 2.45) is 0 Å². The highest BCUT2D eigenvalue weighted by atomic mass is 32.2. The second-order valence-electron chi connectivity index (χ2n) is 7.32. The van der Waals surface area contributed by atoms with Gasteiger partial charge in [0.25, 0.3) is 0 Å². The molecule has 2 aromatic carbocycles. The van der Waals surface area contributed by atoms with Crippen LogP contribution in [0.1, 0.15) is 5.56 Å². The van der Waals surface area contributed by atoms with Crippen LogP contribution >= 0.6 is 11.8 Å². The Hall–Kier alpha value is -3.10. The van der Waals surface area contributed by atoms with Gasteiger partial charge >= 0.3 is 0 Å². The van der Waals surface area contributed by atoms with Crippen LogP contribution in [0.25, 0.3) is 28.7 Å². The minimum atomic E-state index is 0.574. The summed E-state index contributed by atoms with van der Waals surface area (Å²) >= 11 is 1.55. The molecule has 0 amide bonds. The Morgan fingerprint density at radius 2 is 1.68 bits per heavy atom. The van der Waals surface area contributed by atoms with Gasteiger partial charge in [-0.2, -0.15) is 0 Å². The number of morpholine rings is 1. The average molecular weight is 434 g/mol. The first kappa shape index (κ1) is 19.8. The summed E-state index contributed by atoms with van der Waals surface area (Å²) in [6.45, 7) is 4.86. The molecular weight excluding hydrogens is 410 g/mol. The molecule has 158 valence electrons. The van der Waals surface area contributed by atoms with Crippen molar-refractivity contribution in [2.75, 3.05) is 37.5 Å². The number of nitrogens with zero attached hydrogens (tertiary/aromatic N) is 5. The molecule has 7 nitrogen and oxygen atoms in total. The Labute approximate surface area is 185 Å². The van der Waals surface area contributed by atoms with E-state index in [0.29, 0.717) is 36.5 Å². The molecule has 4 aromatic rings. The maximum Gasteiger partial charge on any atom is 0.229 e. The molecule has 0 saturated carbocycles. The van der Waals surface area contributed by atoms with E-state index in [9.17, 15) is 0 Å². The van der Waals surface area contributed by atoms with Crippen LogP contribution in [0.2, 0.25) is 0 Å². The van der Waals surface area contributed by atoms with E-state index in [2.05, 4.69) is 34.2 Å². The Kier molecular flexibility index (Phi) is 5.48. The number of ether oxygens (including phenoxy) is 1. The second-order valence-corrected chi connectivity index (χ2v) is 8.09. The highest BCUT2D eigenvalue weighted by Crippen LogP contribution is 2.37. The van der Waals surface area contributed by atoms with Crippen molar-refractivity contribution in [3.8, 4) is 28.7 Å². The lowest BCUT2D eigenvalue weighted by molar-refractivity contribution is 0.121. The Morgan fingerprint density at radius 1 is 0.935 bits per heavy atom. The molecule has 0 N–H and O–H groups in total. The predicted molar refractivity (Wildman–Crippen MR) is 122 cm³/mol. The van der Waals surface area contributed by atoms with Crippen LogP contribution in [0.15, 0.2) is 64.2 Å². The van der Waals surface area contributed by atoms with Crippen LogP contribution < -0.4 is 4.90 Å². The van der Waals surface area contributed by atoms with E-state index in [1.165, 1.54) is 5.56 Å². The normalized spacial score (nSPS) is 14.2. The van der Waals surface area contributed by atoms with Gasteiger partial charge in [-0.1, -0.05) is 47.7 Å². The first-order chi connectivity index (χ1) is 15.2. The molecule has 8 heteroatoms. The predicted octanol–water partition coefficient (Wildman–Crippen LogP) is 4.46. The number of aryl methyl sites for hydroxylation is 1. The lowest BCUT2D eigenvalue weighted by atomic mass is 10.1. The topological polar surface area (TPSA) is 69.2 Å². The summed E-state index contributed by atoms with van der Waals surface area (Å²) in [4.78, 5) is 7.08. The Morgan fingerprint density at radius 3 is 2.39 bits per heavy atom. The number of thioether (sulfide) groups is 1. The van der Waals surface area contributed by atoms with Gasteiger partial charge in [-0.25, -0.2) is 4.98 Å². The minimum Gasteiger partial charge on any atom is -0.420 e. The fourth-order valence-corrected chi connectivity index (χ4v) is 4.12. The molecule has 1 fully saturated rings. The fraction of sp³-hybridized carbons (Fsp3) is 0.261. The molecule has 0 aliphatic carbocycles. The quantitative estimate of drug-likeness (QED) is 0.431. The van der Waals surface area contributed by atoms with Gasteiger partial charge in [0.1, 0.15) is 0 Å². The fourth-order valence-electron chi connectivity index (χ4n) is 3.62. The SMILES string of the molecule is CSc1nnc(-c2nc(-c3ccc(C)cc3)oc2N2CCOCC2)n1-c1ccccc1. The van der Waals surface area contributed by atoms with E-state index in [1.807, 2.05) is 53.3 Å². The Balaban J connectivity index is 1.68. The summed E-state index contributed by atoms with van der Waals surface area (Å²) in [6, 6.07) is 18.3. The zero-order chi connectivity index (χ0) is 21.2. The number of anilines is 1. The van der Waals surface area contributed by atoms with Gasteiger partial charge in [-0.3, -0.25) is 4.57 Å². The number of benzene rings is 2. The summed E-state index contributed by atoms with van der Waals surface area (Å²) in [5.41, 5.74) is 3.80. The highest BCUT2D eigenvalue weighted by Gasteiger charge is 2.28. The summed E-state index contributed by atoms with van der Waals surface area (Å²) in [7, 11) is 0. The number of aromatic nitrogens is 4. The molecule has 5 rings (SSSR count). The molecule has 1 aliphatic heterocycles. The molecule has 3 heterocycles. The molecule has 0 bridgehead atoms. The first-order valence-electron chi connectivity index (χ1n) is 10.2. The van der Waals surface area contributed by atoms with Crippen molar-refractivity contribution in [3.63, 3.8) is 0 Å². The smallest absolute Gasteiger partial charge is 0.229 e. The van der Waals surface area contributed by atoms with Crippen molar-refractivity contribution in [2.45, 2.75) is 12.1 Å². The van der Waals surface area contributed by atoms with Crippen LogP contribution in [0.4, 0.5) is 5.88 Å². The van der Waals surface area contributed by atoms with Crippen LogP contribution in [-0.4, -0.2) is 52.3 Å². The van der Waals surface area contributed by atoms with E-state index in [1.54, 1.807) is 11.8 Å². The zero-order valence-electron chi connectivity index (χ0n) is 17.5. The third kappa shape index (κ3) is 3.84. The van der Waals surface area contributed by atoms with E-state index >= 15 is 0 Å². The van der Waals surface area contributed by atoms with Crippen molar-refractivity contribution in [1.82, 2.24) is 19.7 Å². The van der Waals surface area contributed by atoms with Gasteiger partial charge in [0.05, 0.1) is 13.2 Å². The molecule has 0 radical (unpaired) electrons. The van der Waals surface area contributed by atoms with E-state index in [4.69, 9.17) is 14.1 Å². The molecule has 0 spiro atoms. The molecule has 2 aromatic heterocycles. The molecule has 1 saturated heterocycles. The van der Waals surface area contributed by atoms with Crippen LogP contribution in [0.5, 0.6) is 0 Å². The van der Waals surface area contributed by atoms with Crippen LogP contribution in [-0.2, 0) is 4.74 Å². The van der Waals surface area contributed by atoms with Gasteiger partial charge in [0.2, 0.25) is 11.8 Å². The van der Waals surface area contributed by atoms with Gasteiger partial charge < -0.3 is 14.1 Å².